The van der Waals surface area contributed by atoms with E-state index in [0.717, 1.165) is 25.4 Å². The maximum atomic E-state index is 5.46. The van der Waals surface area contributed by atoms with Crippen LogP contribution in [0, 0.1) is 0 Å². The molecule has 0 heterocycles. The third-order valence-corrected chi connectivity index (χ3v) is 2.42. The highest BCUT2D eigenvalue weighted by Gasteiger charge is 2.00. The molecule has 1 rings (SSSR count). The molecule has 0 aliphatic carbocycles. The fourth-order valence-corrected chi connectivity index (χ4v) is 1.68. The van der Waals surface area contributed by atoms with Crippen molar-refractivity contribution < 1.29 is 9.47 Å². The van der Waals surface area contributed by atoms with Crippen LogP contribution in [0.5, 0.6) is 5.75 Å². The summed E-state index contributed by atoms with van der Waals surface area (Å²) >= 11 is 0. The topological polar surface area (TPSA) is 30.5 Å². The lowest BCUT2D eigenvalue weighted by Gasteiger charge is -2.13. The van der Waals surface area contributed by atoms with Crippen molar-refractivity contribution in [1.82, 2.24) is 5.32 Å². The van der Waals surface area contributed by atoms with E-state index in [2.05, 4.69) is 24.4 Å². The first-order chi connectivity index (χ1) is 8.26. The van der Waals surface area contributed by atoms with Crippen LogP contribution in [0.3, 0.4) is 0 Å². The van der Waals surface area contributed by atoms with Crippen molar-refractivity contribution in [2.24, 2.45) is 0 Å². The standard InChI is InChI=1S/C14H23NO2/c1-4-16-12(3)10-15-11-13-7-6-8-14(9-13)17-5-2/h6-9,12,15H,4-5,10-11H2,1-3H3. The minimum absolute atomic E-state index is 0.259. The minimum atomic E-state index is 0.259. The lowest BCUT2D eigenvalue weighted by Crippen LogP contribution is -2.26. The van der Waals surface area contributed by atoms with E-state index in [1.54, 1.807) is 0 Å². The molecule has 0 saturated carbocycles. The molecular formula is C14H23NO2. The molecule has 3 nitrogen and oxygen atoms in total. The summed E-state index contributed by atoms with van der Waals surface area (Å²) < 4.78 is 10.9. The van der Waals surface area contributed by atoms with Crippen molar-refractivity contribution in [2.45, 2.75) is 33.4 Å². The summed E-state index contributed by atoms with van der Waals surface area (Å²) in [7, 11) is 0. The molecule has 0 bridgehead atoms. The molecular weight excluding hydrogens is 214 g/mol. The number of hydrogen-bond acceptors (Lipinski definition) is 3. The second-order valence-corrected chi connectivity index (χ2v) is 3.98. The third-order valence-electron chi connectivity index (χ3n) is 2.42. The summed E-state index contributed by atoms with van der Waals surface area (Å²) in [5.74, 6) is 0.935. The van der Waals surface area contributed by atoms with Crippen molar-refractivity contribution in [1.29, 1.82) is 0 Å². The van der Waals surface area contributed by atoms with Gasteiger partial charge in [0, 0.05) is 19.7 Å². The smallest absolute Gasteiger partial charge is 0.119 e. The Hall–Kier alpha value is -1.06. The Morgan fingerprint density at radius 3 is 2.76 bits per heavy atom. The summed E-state index contributed by atoms with van der Waals surface area (Å²) in [5, 5.41) is 3.38. The van der Waals surface area contributed by atoms with Crippen molar-refractivity contribution >= 4 is 0 Å². The van der Waals surface area contributed by atoms with E-state index in [-0.39, 0.29) is 6.10 Å². The number of benzene rings is 1. The molecule has 17 heavy (non-hydrogen) atoms. The zero-order valence-corrected chi connectivity index (χ0v) is 11.0. The predicted molar refractivity (Wildman–Crippen MR) is 70.4 cm³/mol. The van der Waals surface area contributed by atoms with E-state index in [9.17, 15) is 0 Å². The Kier molecular flexibility index (Phi) is 6.67. The second kappa shape index (κ2) is 8.09. The van der Waals surface area contributed by atoms with E-state index < -0.39 is 0 Å². The Bertz CT molecular complexity index is 315. The van der Waals surface area contributed by atoms with Crippen LogP contribution in [0.1, 0.15) is 26.3 Å². The van der Waals surface area contributed by atoms with Crippen LogP contribution >= 0.6 is 0 Å². The van der Waals surface area contributed by atoms with Crippen LogP contribution in [0.4, 0.5) is 0 Å². The average molecular weight is 237 g/mol. The van der Waals surface area contributed by atoms with Crippen LogP contribution in [0.15, 0.2) is 24.3 Å². The molecule has 1 atom stereocenters. The quantitative estimate of drug-likeness (QED) is 0.754. The molecule has 0 aliphatic rings. The zero-order chi connectivity index (χ0) is 12.5. The van der Waals surface area contributed by atoms with Crippen LogP contribution in [0.25, 0.3) is 0 Å². The van der Waals surface area contributed by atoms with E-state index in [1.165, 1.54) is 5.56 Å². The molecule has 1 aromatic rings. The fraction of sp³-hybridized carbons (Fsp3) is 0.571. The van der Waals surface area contributed by atoms with Gasteiger partial charge in [0.05, 0.1) is 12.7 Å². The van der Waals surface area contributed by atoms with Gasteiger partial charge in [-0.2, -0.15) is 0 Å². The van der Waals surface area contributed by atoms with Gasteiger partial charge in [0.2, 0.25) is 0 Å². The van der Waals surface area contributed by atoms with Crippen molar-refractivity contribution in [3.8, 4) is 5.75 Å². The summed E-state index contributed by atoms with van der Waals surface area (Å²) in [4.78, 5) is 0. The van der Waals surface area contributed by atoms with Gasteiger partial charge < -0.3 is 14.8 Å². The Balaban J connectivity index is 2.33. The van der Waals surface area contributed by atoms with Crippen LogP contribution in [-0.4, -0.2) is 25.9 Å². The maximum Gasteiger partial charge on any atom is 0.119 e. The molecule has 0 amide bonds. The van der Waals surface area contributed by atoms with E-state index in [4.69, 9.17) is 9.47 Å². The maximum absolute atomic E-state index is 5.46. The predicted octanol–water partition coefficient (Wildman–Crippen LogP) is 2.60. The molecule has 1 unspecified atom stereocenters. The Morgan fingerprint density at radius 1 is 1.24 bits per heavy atom. The molecule has 96 valence electrons. The largest absolute Gasteiger partial charge is 0.494 e. The fourth-order valence-electron chi connectivity index (χ4n) is 1.68. The van der Waals surface area contributed by atoms with Gasteiger partial charge in [-0.05, 0) is 38.5 Å². The molecule has 3 heteroatoms. The van der Waals surface area contributed by atoms with Crippen molar-refractivity contribution in [3.63, 3.8) is 0 Å². The number of ether oxygens (including phenoxy) is 2. The molecule has 0 spiro atoms. The van der Waals surface area contributed by atoms with E-state index in [1.807, 2.05) is 26.0 Å². The lowest BCUT2D eigenvalue weighted by molar-refractivity contribution is 0.0759. The molecule has 0 aromatic heterocycles. The molecule has 1 aromatic carbocycles. The first kappa shape index (κ1) is 14.0. The Morgan fingerprint density at radius 2 is 2.06 bits per heavy atom. The molecule has 0 saturated heterocycles. The van der Waals surface area contributed by atoms with Crippen molar-refractivity contribution in [3.05, 3.63) is 29.8 Å². The van der Waals surface area contributed by atoms with Gasteiger partial charge in [0.25, 0.3) is 0 Å². The van der Waals surface area contributed by atoms with E-state index in [0.29, 0.717) is 6.61 Å². The van der Waals surface area contributed by atoms with Gasteiger partial charge in [0.15, 0.2) is 0 Å². The summed E-state index contributed by atoms with van der Waals surface area (Å²) in [6.45, 7) is 9.27. The average Bonchev–Trinajstić information content (AvgIpc) is 2.30. The van der Waals surface area contributed by atoms with Gasteiger partial charge in [-0.1, -0.05) is 12.1 Å². The van der Waals surface area contributed by atoms with Crippen LogP contribution < -0.4 is 10.1 Å². The normalized spacial score (nSPS) is 12.4. The first-order valence-electron chi connectivity index (χ1n) is 6.30. The van der Waals surface area contributed by atoms with Gasteiger partial charge in [0.1, 0.15) is 5.75 Å². The van der Waals surface area contributed by atoms with Crippen LogP contribution in [-0.2, 0) is 11.3 Å². The summed E-state index contributed by atoms with van der Waals surface area (Å²) in [6.07, 6.45) is 0.259. The van der Waals surface area contributed by atoms with Gasteiger partial charge in [-0.25, -0.2) is 0 Å². The molecule has 0 fully saturated rings. The zero-order valence-electron chi connectivity index (χ0n) is 11.0. The molecule has 1 N–H and O–H groups in total. The van der Waals surface area contributed by atoms with Crippen LogP contribution in [0.2, 0.25) is 0 Å². The SMILES string of the molecule is CCOc1cccc(CNCC(C)OCC)c1. The van der Waals surface area contributed by atoms with Crippen molar-refractivity contribution in [2.75, 3.05) is 19.8 Å². The minimum Gasteiger partial charge on any atom is -0.494 e. The second-order valence-electron chi connectivity index (χ2n) is 3.98. The molecule has 0 radical (unpaired) electrons. The van der Waals surface area contributed by atoms with E-state index >= 15 is 0 Å². The van der Waals surface area contributed by atoms with Gasteiger partial charge in [-0.15, -0.1) is 0 Å². The van der Waals surface area contributed by atoms with Gasteiger partial charge >= 0.3 is 0 Å². The lowest BCUT2D eigenvalue weighted by atomic mass is 10.2. The van der Waals surface area contributed by atoms with Gasteiger partial charge in [-0.3, -0.25) is 0 Å². The number of rotatable bonds is 8. The highest BCUT2D eigenvalue weighted by atomic mass is 16.5. The first-order valence-corrected chi connectivity index (χ1v) is 6.30. The Labute approximate surface area is 104 Å². The monoisotopic (exact) mass is 237 g/mol. The highest BCUT2D eigenvalue weighted by molar-refractivity contribution is 5.28. The molecule has 0 aliphatic heterocycles. The third kappa shape index (κ3) is 5.71. The number of hydrogen-bond donors (Lipinski definition) is 1. The summed E-state index contributed by atoms with van der Waals surface area (Å²) in [5.41, 5.74) is 1.24. The summed E-state index contributed by atoms with van der Waals surface area (Å²) in [6, 6.07) is 8.17. The number of nitrogens with one attached hydrogen (secondary N) is 1. The highest BCUT2D eigenvalue weighted by Crippen LogP contribution is 2.12.